The Bertz CT molecular complexity index is 371. The van der Waals surface area contributed by atoms with Gasteiger partial charge in [-0.15, -0.1) is 24.8 Å². The van der Waals surface area contributed by atoms with Gasteiger partial charge in [-0.2, -0.15) is 0 Å². The van der Waals surface area contributed by atoms with Crippen molar-refractivity contribution < 1.29 is 9.84 Å². The minimum absolute atomic E-state index is 0. The van der Waals surface area contributed by atoms with Gasteiger partial charge in [0.25, 0.3) is 0 Å². The molecule has 4 nitrogen and oxygen atoms in total. The van der Waals surface area contributed by atoms with E-state index in [2.05, 4.69) is 10.6 Å². The van der Waals surface area contributed by atoms with Crippen molar-refractivity contribution in [2.75, 3.05) is 32.8 Å². The largest absolute Gasteiger partial charge is 0.491 e. The van der Waals surface area contributed by atoms with Gasteiger partial charge in [-0.3, -0.25) is 0 Å². The molecule has 0 aliphatic heterocycles. The Morgan fingerprint density at radius 1 is 1.05 bits per heavy atom. The molecular weight excluding hydrogens is 358 g/mol. The zero-order valence-corrected chi connectivity index (χ0v) is 15.0. The molecule has 3 N–H and O–H groups in total. The smallest absolute Gasteiger partial charge is 0.156 e. The lowest BCUT2D eigenvalue weighted by Crippen LogP contribution is -2.28. The van der Waals surface area contributed by atoms with Crippen LogP contribution in [-0.2, 0) is 6.54 Å². The maximum absolute atomic E-state index is 8.61. The second-order valence-corrected chi connectivity index (χ2v) is 4.79. The normalized spacial score (nSPS) is 9.71. The van der Waals surface area contributed by atoms with Crippen LogP contribution in [0.5, 0.6) is 5.75 Å². The number of halogens is 4. The zero-order valence-electron chi connectivity index (χ0n) is 11.8. The summed E-state index contributed by atoms with van der Waals surface area (Å²) in [5, 5.41) is 16.0. The second kappa shape index (κ2) is 13.7. The Balaban J connectivity index is 0. The van der Waals surface area contributed by atoms with E-state index in [0.29, 0.717) is 35.5 Å². The topological polar surface area (TPSA) is 53.5 Å². The van der Waals surface area contributed by atoms with Crippen molar-refractivity contribution in [1.82, 2.24) is 10.6 Å². The van der Waals surface area contributed by atoms with E-state index in [1.54, 1.807) is 0 Å². The average molecular weight is 380 g/mol. The number of aliphatic hydroxyl groups excluding tert-OH is 1. The van der Waals surface area contributed by atoms with E-state index >= 15 is 0 Å². The van der Waals surface area contributed by atoms with Gasteiger partial charge >= 0.3 is 0 Å². The van der Waals surface area contributed by atoms with Gasteiger partial charge in [-0.05, 0) is 24.6 Å². The maximum atomic E-state index is 8.61. The third-order valence-corrected chi connectivity index (χ3v) is 3.00. The summed E-state index contributed by atoms with van der Waals surface area (Å²) in [5.41, 5.74) is 1.01. The van der Waals surface area contributed by atoms with Gasteiger partial charge in [0.05, 0.1) is 23.3 Å². The Kier molecular flexibility index (Phi) is 15.2. The van der Waals surface area contributed by atoms with Gasteiger partial charge < -0.3 is 20.5 Å². The van der Waals surface area contributed by atoms with Gasteiger partial charge in [0.1, 0.15) is 0 Å². The van der Waals surface area contributed by atoms with Crippen LogP contribution in [0.4, 0.5) is 0 Å². The summed E-state index contributed by atoms with van der Waals surface area (Å²) >= 11 is 12.2. The van der Waals surface area contributed by atoms with Crippen LogP contribution >= 0.6 is 48.0 Å². The first-order valence-corrected chi connectivity index (χ1v) is 7.07. The summed E-state index contributed by atoms with van der Waals surface area (Å²) in [6.45, 7) is 5.50. The van der Waals surface area contributed by atoms with Crippen molar-refractivity contribution >= 4 is 48.0 Å². The first kappa shape index (κ1) is 23.3. The van der Waals surface area contributed by atoms with E-state index in [1.165, 1.54) is 0 Å². The highest BCUT2D eigenvalue weighted by atomic mass is 35.5. The first-order valence-electron chi connectivity index (χ1n) is 6.32. The number of ether oxygens (including phenoxy) is 1. The molecule has 0 saturated heterocycles. The van der Waals surface area contributed by atoms with Crippen LogP contribution in [0.15, 0.2) is 12.1 Å². The number of hydrogen-bond acceptors (Lipinski definition) is 4. The summed E-state index contributed by atoms with van der Waals surface area (Å²) in [4.78, 5) is 0. The first-order chi connectivity index (χ1) is 9.19. The summed E-state index contributed by atoms with van der Waals surface area (Å²) in [6, 6.07) is 3.71. The number of aliphatic hydroxyl groups is 1. The molecule has 1 rings (SSSR count). The lowest BCUT2D eigenvalue weighted by atomic mass is 10.2. The molecule has 0 heterocycles. The summed E-state index contributed by atoms with van der Waals surface area (Å²) < 4.78 is 5.37. The van der Waals surface area contributed by atoms with E-state index < -0.39 is 0 Å². The van der Waals surface area contributed by atoms with Crippen molar-refractivity contribution in [3.8, 4) is 5.75 Å². The lowest BCUT2D eigenvalue weighted by Gasteiger charge is -2.11. The van der Waals surface area contributed by atoms with E-state index in [4.69, 9.17) is 33.0 Å². The Morgan fingerprint density at radius 2 is 1.62 bits per heavy atom. The molecule has 0 amide bonds. The van der Waals surface area contributed by atoms with Crippen LogP contribution in [0.1, 0.15) is 12.5 Å². The SMILES string of the molecule is CCOc1c(Cl)cc(CNCCNCCO)cc1Cl.Cl.Cl. The fraction of sp³-hybridized carbons (Fsp3) is 0.538. The van der Waals surface area contributed by atoms with E-state index in [1.807, 2.05) is 19.1 Å². The van der Waals surface area contributed by atoms with E-state index in [-0.39, 0.29) is 31.4 Å². The molecule has 0 aliphatic carbocycles. The Hall–Kier alpha value is 0.0600. The fourth-order valence-electron chi connectivity index (χ4n) is 1.61. The highest BCUT2D eigenvalue weighted by Gasteiger charge is 2.08. The molecule has 8 heteroatoms. The van der Waals surface area contributed by atoms with Crippen LogP contribution in [0.25, 0.3) is 0 Å². The monoisotopic (exact) mass is 378 g/mol. The summed E-state index contributed by atoms with van der Waals surface area (Å²) in [7, 11) is 0. The minimum Gasteiger partial charge on any atom is -0.491 e. The van der Waals surface area contributed by atoms with E-state index in [0.717, 1.165) is 18.7 Å². The third kappa shape index (κ3) is 8.94. The fourth-order valence-corrected chi connectivity index (χ4v) is 2.25. The summed E-state index contributed by atoms with van der Waals surface area (Å²) in [5.74, 6) is 0.541. The van der Waals surface area contributed by atoms with Crippen molar-refractivity contribution in [1.29, 1.82) is 0 Å². The molecule has 0 bridgehead atoms. The van der Waals surface area contributed by atoms with Crippen LogP contribution in [0.3, 0.4) is 0 Å². The van der Waals surface area contributed by atoms with Crippen molar-refractivity contribution in [3.05, 3.63) is 27.7 Å². The highest BCUT2D eigenvalue weighted by molar-refractivity contribution is 6.37. The molecule has 1 aromatic carbocycles. The van der Waals surface area contributed by atoms with Crippen LogP contribution in [0, 0.1) is 0 Å². The number of rotatable bonds is 9. The van der Waals surface area contributed by atoms with Gasteiger partial charge in [-0.1, -0.05) is 23.2 Å². The highest BCUT2D eigenvalue weighted by Crippen LogP contribution is 2.34. The standard InChI is InChI=1S/C13H20Cl2N2O2.2ClH/c1-2-19-13-11(14)7-10(8-12(13)15)9-17-4-3-16-5-6-18;;/h7-8,16-18H,2-6,9H2,1H3;2*1H. The molecule has 0 unspecified atom stereocenters. The third-order valence-electron chi connectivity index (χ3n) is 2.44. The molecule has 0 saturated carbocycles. The van der Waals surface area contributed by atoms with E-state index in [9.17, 15) is 0 Å². The molecule has 0 spiro atoms. The predicted octanol–water partition coefficient (Wildman–Crippen LogP) is 2.91. The molecule has 0 atom stereocenters. The average Bonchev–Trinajstić information content (AvgIpc) is 2.38. The van der Waals surface area contributed by atoms with Crippen LogP contribution in [-0.4, -0.2) is 38.0 Å². The number of hydrogen-bond donors (Lipinski definition) is 3. The number of benzene rings is 1. The lowest BCUT2D eigenvalue weighted by molar-refractivity contribution is 0.292. The van der Waals surface area contributed by atoms with Gasteiger partial charge in [0, 0.05) is 26.2 Å². The number of nitrogens with one attached hydrogen (secondary N) is 2. The molecule has 124 valence electrons. The maximum Gasteiger partial charge on any atom is 0.156 e. The molecule has 0 radical (unpaired) electrons. The van der Waals surface area contributed by atoms with Crippen LogP contribution < -0.4 is 15.4 Å². The second-order valence-electron chi connectivity index (χ2n) is 3.97. The van der Waals surface area contributed by atoms with Crippen molar-refractivity contribution in [3.63, 3.8) is 0 Å². The van der Waals surface area contributed by atoms with Gasteiger partial charge in [0.2, 0.25) is 0 Å². The van der Waals surface area contributed by atoms with Gasteiger partial charge in [0.15, 0.2) is 5.75 Å². The molecule has 0 aromatic heterocycles. The molecule has 21 heavy (non-hydrogen) atoms. The molecule has 0 fully saturated rings. The van der Waals surface area contributed by atoms with Gasteiger partial charge in [-0.25, -0.2) is 0 Å². The quantitative estimate of drug-likeness (QED) is 0.577. The van der Waals surface area contributed by atoms with Crippen molar-refractivity contribution in [2.24, 2.45) is 0 Å². The molecule has 1 aromatic rings. The molecular formula is C13H22Cl4N2O2. The summed E-state index contributed by atoms with van der Waals surface area (Å²) in [6.07, 6.45) is 0. The van der Waals surface area contributed by atoms with Crippen molar-refractivity contribution in [2.45, 2.75) is 13.5 Å². The Labute approximate surface area is 148 Å². The van der Waals surface area contributed by atoms with Crippen LogP contribution in [0.2, 0.25) is 10.0 Å². The molecule has 0 aliphatic rings. The predicted molar refractivity (Wildman–Crippen MR) is 93.8 cm³/mol. The minimum atomic E-state index is 0. The Morgan fingerprint density at radius 3 is 2.14 bits per heavy atom. The zero-order chi connectivity index (χ0) is 14.1.